The molecule has 0 bridgehead atoms. The molecule has 1 amide bonds. The number of ether oxygens (including phenoxy) is 2. The van der Waals surface area contributed by atoms with Crippen molar-refractivity contribution in [1.82, 2.24) is 4.90 Å². The van der Waals surface area contributed by atoms with Crippen LogP contribution >= 0.6 is 24.0 Å². The molecular weight excluding hydrogens is 565 g/mol. The van der Waals surface area contributed by atoms with Gasteiger partial charge in [0.15, 0.2) is 0 Å². The van der Waals surface area contributed by atoms with Gasteiger partial charge in [0, 0.05) is 23.3 Å². The molecule has 6 nitrogen and oxygen atoms in total. The van der Waals surface area contributed by atoms with Crippen LogP contribution < -0.4 is 9.64 Å². The molecule has 2 heterocycles. The van der Waals surface area contributed by atoms with E-state index in [9.17, 15) is 9.59 Å². The van der Waals surface area contributed by atoms with Crippen molar-refractivity contribution in [3.05, 3.63) is 58.5 Å². The molecule has 2 atom stereocenters. The molecule has 2 unspecified atom stereocenters. The maximum Gasteiger partial charge on any atom is 0.325 e. The number of thioether (sulfide) groups is 1. The van der Waals surface area contributed by atoms with Gasteiger partial charge in [-0.2, -0.15) is 0 Å². The van der Waals surface area contributed by atoms with E-state index in [-0.39, 0.29) is 12.5 Å². The van der Waals surface area contributed by atoms with E-state index in [2.05, 4.69) is 54.3 Å². The fourth-order valence-electron chi connectivity index (χ4n) is 6.41. The highest BCUT2D eigenvalue weighted by atomic mass is 32.2. The second-order valence-corrected chi connectivity index (χ2v) is 13.1. The summed E-state index contributed by atoms with van der Waals surface area (Å²) in [5.41, 5.74) is 4.75. The van der Waals surface area contributed by atoms with E-state index >= 15 is 0 Å². The third-order valence-corrected chi connectivity index (χ3v) is 9.97. The highest BCUT2D eigenvalue weighted by Gasteiger charge is 2.42. The monoisotopic (exact) mass is 606 g/mol. The number of carbonyl (C=O) groups is 2. The topological polar surface area (TPSA) is 59.1 Å². The zero-order valence-corrected chi connectivity index (χ0v) is 26.4. The van der Waals surface area contributed by atoms with Crippen LogP contribution in [0, 0.1) is 0 Å². The third-order valence-electron chi connectivity index (χ3n) is 8.59. The SMILES string of the molecule is CCCCCCCCCCOc1ccc(N2c3ccc(C=C4SC(=S)N(CC(=O)OC)C4=O)cc3C3CCCC32)cc1. The lowest BCUT2D eigenvalue weighted by Crippen LogP contribution is -2.33. The van der Waals surface area contributed by atoms with Crippen LogP contribution in [0.3, 0.4) is 0 Å². The molecule has 1 saturated carbocycles. The maximum absolute atomic E-state index is 12.9. The molecule has 42 heavy (non-hydrogen) atoms. The van der Waals surface area contributed by atoms with Crippen LogP contribution in [0.1, 0.15) is 94.6 Å². The molecule has 0 aromatic heterocycles. The van der Waals surface area contributed by atoms with Gasteiger partial charge in [-0.3, -0.25) is 14.5 Å². The summed E-state index contributed by atoms with van der Waals surface area (Å²) in [5, 5.41) is 0. The zero-order chi connectivity index (χ0) is 29.5. The Morgan fingerprint density at radius 3 is 2.50 bits per heavy atom. The van der Waals surface area contributed by atoms with Crippen molar-refractivity contribution in [2.24, 2.45) is 0 Å². The van der Waals surface area contributed by atoms with Crippen molar-refractivity contribution in [3.8, 4) is 5.75 Å². The van der Waals surface area contributed by atoms with Crippen molar-refractivity contribution < 1.29 is 19.1 Å². The molecule has 1 saturated heterocycles. The quantitative estimate of drug-likeness (QED) is 0.0927. The van der Waals surface area contributed by atoms with Gasteiger partial charge < -0.3 is 14.4 Å². The lowest BCUT2D eigenvalue weighted by atomic mass is 9.96. The van der Waals surface area contributed by atoms with Gasteiger partial charge in [-0.05, 0) is 72.9 Å². The summed E-state index contributed by atoms with van der Waals surface area (Å²) < 4.78 is 11.2. The molecule has 1 aliphatic carbocycles. The molecule has 224 valence electrons. The highest BCUT2D eigenvalue weighted by Crippen LogP contribution is 2.52. The number of hydrogen-bond acceptors (Lipinski definition) is 7. The first kappa shape index (κ1) is 30.6. The van der Waals surface area contributed by atoms with Gasteiger partial charge in [0.05, 0.1) is 18.6 Å². The Balaban J connectivity index is 1.22. The van der Waals surface area contributed by atoms with E-state index in [0.717, 1.165) is 30.8 Å². The van der Waals surface area contributed by atoms with Gasteiger partial charge in [0.1, 0.15) is 16.6 Å². The van der Waals surface area contributed by atoms with Gasteiger partial charge in [-0.1, -0.05) is 88.3 Å². The number of carbonyl (C=O) groups excluding carboxylic acids is 2. The molecule has 2 aliphatic heterocycles. The molecule has 0 spiro atoms. The van der Waals surface area contributed by atoms with E-state index in [4.69, 9.17) is 21.7 Å². The molecule has 2 aromatic carbocycles. The number of fused-ring (bicyclic) bond motifs is 3. The van der Waals surface area contributed by atoms with E-state index < -0.39 is 5.97 Å². The molecule has 8 heteroatoms. The van der Waals surface area contributed by atoms with Crippen LogP contribution in [-0.2, 0) is 14.3 Å². The summed E-state index contributed by atoms with van der Waals surface area (Å²) in [6.07, 6.45) is 15.8. The summed E-state index contributed by atoms with van der Waals surface area (Å²) in [5.74, 6) is 0.672. The Morgan fingerprint density at radius 1 is 1.02 bits per heavy atom. The van der Waals surface area contributed by atoms with Gasteiger partial charge >= 0.3 is 5.97 Å². The fourth-order valence-corrected chi connectivity index (χ4v) is 7.67. The molecule has 0 N–H and O–H groups in total. The first-order chi connectivity index (χ1) is 20.5. The van der Waals surface area contributed by atoms with Crippen molar-refractivity contribution in [1.29, 1.82) is 0 Å². The minimum Gasteiger partial charge on any atom is -0.494 e. The second kappa shape index (κ2) is 14.6. The Hall–Kier alpha value is -2.84. The third kappa shape index (κ3) is 7.03. The predicted octanol–water partition coefficient (Wildman–Crippen LogP) is 8.37. The number of esters is 1. The Morgan fingerprint density at radius 2 is 1.76 bits per heavy atom. The van der Waals surface area contributed by atoms with Crippen LogP contribution in [0.25, 0.3) is 6.08 Å². The summed E-state index contributed by atoms with van der Waals surface area (Å²) in [6.45, 7) is 2.87. The molecule has 0 radical (unpaired) electrons. The Bertz CT molecular complexity index is 1310. The summed E-state index contributed by atoms with van der Waals surface area (Å²) in [7, 11) is 1.31. The number of rotatable bonds is 14. The summed E-state index contributed by atoms with van der Waals surface area (Å²) in [6, 6.07) is 15.5. The van der Waals surface area contributed by atoms with Crippen LogP contribution in [0.4, 0.5) is 11.4 Å². The smallest absolute Gasteiger partial charge is 0.325 e. The normalized spacial score (nSPS) is 20.4. The second-order valence-electron chi connectivity index (χ2n) is 11.5. The first-order valence-electron chi connectivity index (χ1n) is 15.5. The van der Waals surface area contributed by atoms with Crippen LogP contribution in [0.15, 0.2) is 47.4 Å². The van der Waals surface area contributed by atoms with Crippen LogP contribution in [-0.4, -0.2) is 47.4 Å². The molecule has 5 rings (SSSR count). The van der Waals surface area contributed by atoms with Crippen molar-refractivity contribution >= 4 is 57.6 Å². The highest BCUT2D eigenvalue weighted by molar-refractivity contribution is 8.26. The Kier molecular flexibility index (Phi) is 10.6. The summed E-state index contributed by atoms with van der Waals surface area (Å²) >= 11 is 6.59. The van der Waals surface area contributed by atoms with Gasteiger partial charge in [-0.25, -0.2) is 0 Å². The van der Waals surface area contributed by atoms with Gasteiger partial charge in [0.25, 0.3) is 5.91 Å². The molecule has 2 fully saturated rings. The molecule has 2 aromatic rings. The number of anilines is 2. The minimum atomic E-state index is -0.486. The number of methoxy groups -OCH3 is 1. The fraction of sp³-hybridized carbons (Fsp3) is 0.500. The van der Waals surface area contributed by atoms with Crippen molar-refractivity contribution in [2.45, 2.75) is 89.5 Å². The molecular formula is C34H42N2O4S2. The minimum absolute atomic E-state index is 0.162. The van der Waals surface area contributed by atoms with Crippen molar-refractivity contribution in [2.75, 3.05) is 25.2 Å². The van der Waals surface area contributed by atoms with E-state index in [1.807, 2.05) is 6.08 Å². The lowest BCUT2D eigenvalue weighted by molar-refractivity contribution is -0.143. The average molecular weight is 607 g/mol. The number of amides is 1. The van der Waals surface area contributed by atoms with E-state index in [1.165, 1.54) is 98.5 Å². The maximum atomic E-state index is 12.9. The van der Waals surface area contributed by atoms with Crippen LogP contribution in [0.5, 0.6) is 5.75 Å². The Labute approximate surface area is 259 Å². The molecule has 3 aliphatic rings. The van der Waals surface area contributed by atoms with Gasteiger partial charge in [-0.15, -0.1) is 0 Å². The zero-order valence-electron chi connectivity index (χ0n) is 24.8. The number of unbranched alkanes of at least 4 members (excludes halogenated alkanes) is 7. The summed E-state index contributed by atoms with van der Waals surface area (Å²) in [4.78, 5) is 29.0. The number of benzene rings is 2. The first-order valence-corrected chi connectivity index (χ1v) is 16.7. The standard InChI is InChI=1S/C34H42N2O4S2/c1-3-4-5-6-7-8-9-10-20-40-26-17-15-25(16-18-26)36-29-13-11-12-27(29)28-21-24(14-19-30(28)36)22-31-33(38)35(34(41)42-31)23-32(37)39-2/h14-19,21-22,27,29H,3-13,20,23H2,1-2H3. The predicted molar refractivity (Wildman–Crippen MR) is 175 cm³/mol. The van der Waals surface area contributed by atoms with E-state index in [0.29, 0.717) is 21.2 Å². The largest absolute Gasteiger partial charge is 0.494 e. The average Bonchev–Trinajstić information content (AvgIpc) is 3.66. The lowest BCUT2D eigenvalue weighted by Gasteiger charge is -2.27. The van der Waals surface area contributed by atoms with Crippen molar-refractivity contribution in [3.63, 3.8) is 0 Å². The van der Waals surface area contributed by atoms with Crippen LogP contribution in [0.2, 0.25) is 0 Å². The van der Waals surface area contributed by atoms with E-state index in [1.54, 1.807) is 0 Å². The number of nitrogens with zero attached hydrogens (tertiary/aromatic N) is 2. The number of thiocarbonyl (C=S) groups is 1. The number of hydrogen-bond donors (Lipinski definition) is 0. The van der Waals surface area contributed by atoms with Gasteiger partial charge in [0.2, 0.25) is 0 Å².